The first kappa shape index (κ1) is 17.3. The van der Waals surface area contributed by atoms with Gasteiger partial charge in [0.1, 0.15) is 11.6 Å². The normalized spacial score (nSPS) is 17.1. The molecule has 27 heavy (non-hydrogen) atoms. The highest BCUT2D eigenvalue weighted by Crippen LogP contribution is 2.28. The van der Waals surface area contributed by atoms with E-state index in [2.05, 4.69) is 10.1 Å². The number of hydrogen-bond acceptors (Lipinski definition) is 4. The zero-order valence-corrected chi connectivity index (χ0v) is 14.4. The summed E-state index contributed by atoms with van der Waals surface area (Å²) < 4.78 is 32.4. The van der Waals surface area contributed by atoms with Crippen LogP contribution in [0.5, 0.6) is 0 Å². The van der Waals surface area contributed by atoms with E-state index in [1.54, 1.807) is 4.90 Å². The molecule has 2 heterocycles. The molecule has 0 radical (unpaired) electrons. The zero-order valence-electron chi connectivity index (χ0n) is 14.4. The summed E-state index contributed by atoms with van der Waals surface area (Å²) in [5.74, 6) is -1.17. The van der Waals surface area contributed by atoms with Gasteiger partial charge in [0.15, 0.2) is 0 Å². The van der Waals surface area contributed by atoms with Gasteiger partial charge < -0.3 is 9.42 Å². The van der Waals surface area contributed by atoms with Gasteiger partial charge in [-0.05, 0) is 25.0 Å². The molecular weight excluding hydrogens is 352 g/mol. The molecule has 1 saturated heterocycles. The number of hydrogen-bond donors (Lipinski definition) is 0. The molecule has 0 spiro atoms. The highest BCUT2D eigenvalue weighted by molar-refractivity contribution is 5.94. The van der Waals surface area contributed by atoms with Crippen LogP contribution in [0.15, 0.2) is 53.1 Å². The van der Waals surface area contributed by atoms with Gasteiger partial charge in [0.2, 0.25) is 11.7 Å². The molecule has 1 fully saturated rings. The number of carbonyl (C=O) groups excluding carboxylic acids is 1. The van der Waals surface area contributed by atoms with Crippen LogP contribution in [0.4, 0.5) is 8.78 Å². The molecule has 1 aliphatic rings. The lowest BCUT2D eigenvalue weighted by atomic mass is 9.97. The van der Waals surface area contributed by atoms with Gasteiger partial charge in [0, 0.05) is 24.7 Å². The number of likely N-dealkylation sites (tertiary alicyclic amines) is 1. The summed E-state index contributed by atoms with van der Waals surface area (Å²) in [5, 5.41) is 4.02. The molecule has 3 aromatic rings. The van der Waals surface area contributed by atoms with E-state index in [1.165, 1.54) is 6.07 Å². The minimum Gasteiger partial charge on any atom is -0.339 e. The monoisotopic (exact) mass is 369 g/mol. The molecule has 1 aromatic heterocycles. The van der Waals surface area contributed by atoms with E-state index in [1.807, 2.05) is 30.3 Å². The Morgan fingerprint density at radius 1 is 1.15 bits per heavy atom. The maximum absolute atomic E-state index is 13.9. The topological polar surface area (TPSA) is 59.2 Å². The third-order valence-electron chi connectivity index (χ3n) is 4.69. The third kappa shape index (κ3) is 3.58. The van der Waals surface area contributed by atoms with Crippen molar-refractivity contribution in [2.24, 2.45) is 0 Å². The quantitative estimate of drug-likeness (QED) is 0.699. The Kier molecular flexibility index (Phi) is 4.66. The highest BCUT2D eigenvalue weighted by Gasteiger charge is 2.30. The number of carbonyl (C=O) groups is 1. The average Bonchev–Trinajstić information content (AvgIpc) is 3.19. The molecule has 5 nitrogen and oxygen atoms in total. The Labute approximate surface area is 154 Å². The lowest BCUT2D eigenvalue weighted by molar-refractivity contribution is 0.0691. The van der Waals surface area contributed by atoms with E-state index in [9.17, 15) is 13.6 Å². The molecule has 0 unspecified atom stereocenters. The van der Waals surface area contributed by atoms with E-state index in [0.717, 1.165) is 30.5 Å². The van der Waals surface area contributed by atoms with Gasteiger partial charge in [-0.25, -0.2) is 8.78 Å². The van der Waals surface area contributed by atoms with Crippen LogP contribution in [0.25, 0.3) is 11.4 Å². The predicted molar refractivity (Wildman–Crippen MR) is 94.0 cm³/mol. The zero-order chi connectivity index (χ0) is 18.8. The summed E-state index contributed by atoms with van der Waals surface area (Å²) in [4.78, 5) is 18.6. The molecule has 1 amide bonds. The second kappa shape index (κ2) is 7.26. The first-order valence-corrected chi connectivity index (χ1v) is 8.75. The number of halogens is 2. The maximum Gasteiger partial charge on any atom is 0.256 e. The van der Waals surface area contributed by atoms with Crippen LogP contribution in [0.1, 0.15) is 35.0 Å². The van der Waals surface area contributed by atoms with Crippen LogP contribution in [-0.4, -0.2) is 34.0 Å². The summed E-state index contributed by atoms with van der Waals surface area (Å²) in [6.45, 7) is 0.859. The summed E-state index contributed by atoms with van der Waals surface area (Å²) >= 11 is 0. The standard InChI is InChI=1S/C20H17F2N3O2/c21-15-8-9-16(17(22)11-15)20(26)25-10-4-7-14(12-25)19-23-18(24-27-19)13-5-2-1-3-6-13/h1-3,5-6,8-9,11,14H,4,7,10,12H2/t14-/m0/s1. The number of piperidine rings is 1. The van der Waals surface area contributed by atoms with E-state index in [-0.39, 0.29) is 11.5 Å². The summed E-state index contributed by atoms with van der Waals surface area (Å²) in [6, 6.07) is 12.5. The second-order valence-electron chi connectivity index (χ2n) is 6.54. The van der Waals surface area contributed by atoms with Crippen LogP contribution in [0.2, 0.25) is 0 Å². The molecule has 2 aromatic carbocycles. The number of amides is 1. The van der Waals surface area contributed by atoms with Gasteiger partial charge >= 0.3 is 0 Å². The Hall–Kier alpha value is -3.09. The Morgan fingerprint density at radius 3 is 2.74 bits per heavy atom. The fourth-order valence-electron chi connectivity index (χ4n) is 3.30. The maximum atomic E-state index is 13.9. The lowest BCUT2D eigenvalue weighted by Gasteiger charge is -2.31. The first-order valence-electron chi connectivity index (χ1n) is 8.75. The van der Waals surface area contributed by atoms with E-state index in [4.69, 9.17) is 4.52 Å². The van der Waals surface area contributed by atoms with Crippen LogP contribution in [0, 0.1) is 11.6 Å². The second-order valence-corrected chi connectivity index (χ2v) is 6.54. The number of rotatable bonds is 3. The Morgan fingerprint density at radius 2 is 1.96 bits per heavy atom. The van der Waals surface area contributed by atoms with Crippen molar-refractivity contribution in [3.05, 3.63) is 71.6 Å². The van der Waals surface area contributed by atoms with Crippen molar-refractivity contribution in [1.29, 1.82) is 0 Å². The molecule has 1 aliphatic heterocycles. The smallest absolute Gasteiger partial charge is 0.256 e. The average molecular weight is 369 g/mol. The fraction of sp³-hybridized carbons (Fsp3) is 0.250. The van der Waals surface area contributed by atoms with Crippen molar-refractivity contribution in [3.8, 4) is 11.4 Å². The van der Waals surface area contributed by atoms with E-state index >= 15 is 0 Å². The van der Waals surface area contributed by atoms with Crippen molar-refractivity contribution in [1.82, 2.24) is 15.0 Å². The summed E-state index contributed by atoms with van der Waals surface area (Å²) in [6.07, 6.45) is 1.54. The predicted octanol–water partition coefficient (Wildman–Crippen LogP) is 4.03. The van der Waals surface area contributed by atoms with Crippen LogP contribution >= 0.6 is 0 Å². The molecular formula is C20H17F2N3O2. The van der Waals surface area contributed by atoms with Gasteiger partial charge in [-0.2, -0.15) is 4.98 Å². The largest absolute Gasteiger partial charge is 0.339 e. The van der Waals surface area contributed by atoms with Crippen molar-refractivity contribution < 1.29 is 18.1 Å². The van der Waals surface area contributed by atoms with Gasteiger partial charge in [0.05, 0.1) is 11.5 Å². The van der Waals surface area contributed by atoms with Crippen molar-refractivity contribution >= 4 is 5.91 Å². The fourth-order valence-corrected chi connectivity index (χ4v) is 3.30. The molecule has 1 atom stereocenters. The SMILES string of the molecule is O=C(c1ccc(F)cc1F)N1CCC[C@H](c2nc(-c3ccccc3)no2)C1. The molecule has 0 N–H and O–H groups in total. The van der Waals surface area contributed by atoms with Crippen LogP contribution in [0.3, 0.4) is 0 Å². The van der Waals surface area contributed by atoms with Gasteiger partial charge in [0.25, 0.3) is 5.91 Å². The minimum absolute atomic E-state index is 0.115. The third-order valence-corrected chi connectivity index (χ3v) is 4.69. The molecule has 0 aliphatic carbocycles. The number of nitrogens with zero attached hydrogens (tertiary/aromatic N) is 3. The van der Waals surface area contributed by atoms with Crippen LogP contribution in [-0.2, 0) is 0 Å². The van der Waals surface area contributed by atoms with Gasteiger partial charge in [-0.15, -0.1) is 0 Å². The van der Waals surface area contributed by atoms with E-state index < -0.39 is 17.5 Å². The van der Waals surface area contributed by atoms with Gasteiger partial charge in [-0.1, -0.05) is 35.5 Å². The molecule has 7 heteroatoms. The summed E-state index contributed by atoms with van der Waals surface area (Å²) in [7, 11) is 0. The lowest BCUT2D eigenvalue weighted by Crippen LogP contribution is -2.39. The van der Waals surface area contributed by atoms with Crippen molar-refractivity contribution in [2.75, 3.05) is 13.1 Å². The van der Waals surface area contributed by atoms with Crippen LogP contribution < -0.4 is 0 Å². The molecule has 4 rings (SSSR count). The molecule has 0 saturated carbocycles. The van der Waals surface area contributed by atoms with Crippen molar-refractivity contribution in [3.63, 3.8) is 0 Å². The number of benzene rings is 2. The first-order chi connectivity index (χ1) is 13.1. The summed E-state index contributed by atoms with van der Waals surface area (Å²) in [5.41, 5.74) is 0.720. The highest BCUT2D eigenvalue weighted by atomic mass is 19.1. The molecule has 138 valence electrons. The van der Waals surface area contributed by atoms with E-state index in [0.29, 0.717) is 24.8 Å². The Balaban J connectivity index is 1.51. The number of aromatic nitrogens is 2. The minimum atomic E-state index is -0.855. The van der Waals surface area contributed by atoms with Gasteiger partial charge in [-0.3, -0.25) is 4.79 Å². The van der Waals surface area contributed by atoms with Crippen molar-refractivity contribution in [2.45, 2.75) is 18.8 Å². The Bertz CT molecular complexity index is 959. The molecule has 0 bridgehead atoms.